The minimum absolute atomic E-state index is 0.249. The molecule has 1 saturated heterocycles. The van der Waals surface area contributed by atoms with Crippen LogP contribution < -0.4 is 0 Å². The number of sulfonamides is 1. The number of fused-ring (bicyclic) bond motifs is 1. The highest BCUT2D eigenvalue weighted by atomic mass is 32.2. The largest absolute Gasteiger partial charge is 0.350 e. The molecule has 0 saturated carbocycles. The fourth-order valence-electron chi connectivity index (χ4n) is 4.57. The molecule has 0 bridgehead atoms. The molecule has 5 rings (SSSR count). The fourth-order valence-corrected chi connectivity index (χ4v) is 6.25. The molecule has 0 N–H and O–H groups in total. The van der Waals surface area contributed by atoms with Gasteiger partial charge in [0.1, 0.15) is 0 Å². The summed E-state index contributed by atoms with van der Waals surface area (Å²) in [4.78, 5) is 0.249. The van der Waals surface area contributed by atoms with Gasteiger partial charge in [0.25, 0.3) is 0 Å². The van der Waals surface area contributed by atoms with E-state index in [-0.39, 0.29) is 11.0 Å². The quantitative estimate of drug-likeness (QED) is 0.311. The van der Waals surface area contributed by atoms with E-state index < -0.39 is 22.3 Å². The summed E-state index contributed by atoms with van der Waals surface area (Å²) in [5.74, 6) is 0. The molecule has 4 aromatic rings. The summed E-state index contributed by atoms with van der Waals surface area (Å²) in [6.45, 7) is 5.94. The molecule has 1 heterocycles. The third-order valence-corrected chi connectivity index (χ3v) is 8.29. The Morgan fingerprint density at radius 2 is 1.53 bits per heavy atom. The Bertz CT molecular complexity index is 1420. The molecule has 0 spiro atoms. The molecule has 0 radical (unpaired) electrons. The first-order chi connectivity index (χ1) is 16.5. The van der Waals surface area contributed by atoms with Gasteiger partial charge in [-0.1, -0.05) is 90.5 Å². The lowest BCUT2D eigenvalue weighted by Gasteiger charge is -2.43. The van der Waals surface area contributed by atoms with E-state index in [0.29, 0.717) is 6.42 Å². The molecule has 34 heavy (non-hydrogen) atoms. The van der Waals surface area contributed by atoms with Gasteiger partial charge in [0.15, 0.2) is 6.23 Å². The van der Waals surface area contributed by atoms with E-state index in [2.05, 4.69) is 36.9 Å². The summed E-state index contributed by atoms with van der Waals surface area (Å²) < 4.78 is 35.8. The van der Waals surface area contributed by atoms with E-state index >= 15 is 0 Å². The highest BCUT2D eigenvalue weighted by Crippen LogP contribution is 2.43. The average molecular weight is 470 g/mol. The third-order valence-electron chi connectivity index (χ3n) is 6.41. The average Bonchev–Trinajstić information content (AvgIpc) is 2.88. The van der Waals surface area contributed by atoms with Gasteiger partial charge in [-0.3, -0.25) is 0 Å². The van der Waals surface area contributed by atoms with Crippen molar-refractivity contribution in [2.24, 2.45) is 0 Å². The number of ether oxygens (including phenoxy) is 1. The van der Waals surface area contributed by atoms with Crippen molar-refractivity contribution >= 4 is 20.8 Å². The van der Waals surface area contributed by atoms with Gasteiger partial charge in [-0.2, -0.15) is 4.31 Å². The Kier molecular flexibility index (Phi) is 6.09. The van der Waals surface area contributed by atoms with Gasteiger partial charge in [-0.05, 0) is 53.4 Å². The summed E-state index contributed by atoms with van der Waals surface area (Å²) in [5, 5.41) is 2.29. The number of hydrogen-bond acceptors (Lipinski definition) is 3. The van der Waals surface area contributed by atoms with E-state index in [0.717, 1.165) is 27.5 Å². The molecule has 1 fully saturated rings. The van der Waals surface area contributed by atoms with Crippen LogP contribution in [0.25, 0.3) is 10.8 Å². The predicted molar refractivity (Wildman–Crippen MR) is 136 cm³/mol. The summed E-state index contributed by atoms with van der Waals surface area (Å²) >= 11 is 0. The summed E-state index contributed by atoms with van der Waals surface area (Å²) in [6.07, 6.45) is 1.15. The molecule has 0 amide bonds. The van der Waals surface area contributed by atoms with Crippen molar-refractivity contribution in [2.75, 3.05) is 0 Å². The van der Waals surface area contributed by atoms with Crippen LogP contribution >= 0.6 is 0 Å². The molecule has 0 aliphatic carbocycles. The number of benzene rings is 4. The van der Waals surface area contributed by atoms with Crippen LogP contribution in [0.2, 0.25) is 0 Å². The Morgan fingerprint density at radius 1 is 0.853 bits per heavy atom. The van der Waals surface area contributed by atoms with Crippen molar-refractivity contribution in [3.8, 4) is 0 Å². The van der Waals surface area contributed by atoms with Crippen molar-refractivity contribution in [3.63, 3.8) is 0 Å². The molecule has 172 valence electrons. The maximum absolute atomic E-state index is 13.9. The predicted octanol–water partition coefficient (Wildman–Crippen LogP) is 6.55. The molecule has 0 aromatic heterocycles. The van der Waals surface area contributed by atoms with Crippen molar-refractivity contribution in [1.82, 2.24) is 4.31 Å². The maximum atomic E-state index is 13.9. The maximum Gasteiger partial charge on any atom is 0.246 e. The zero-order chi connectivity index (χ0) is 23.7. The van der Waals surface area contributed by atoms with Crippen molar-refractivity contribution < 1.29 is 13.2 Å². The second kappa shape index (κ2) is 9.18. The molecule has 4 aromatic carbocycles. The van der Waals surface area contributed by atoms with Crippen LogP contribution in [0.15, 0.2) is 115 Å². The van der Waals surface area contributed by atoms with E-state index in [9.17, 15) is 8.42 Å². The van der Waals surface area contributed by atoms with E-state index in [1.165, 1.54) is 4.31 Å². The van der Waals surface area contributed by atoms with E-state index in [4.69, 9.17) is 4.74 Å². The van der Waals surface area contributed by atoms with Crippen molar-refractivity contribution in [3.05, 3.63) is 126 Å². The molecule has 1 aliphatic rings. The van der Waals surface area contributed by atoms with Crippen molar-refractivity contribution in [2.45, 2.75) is 36.6 Å². The SMILES string of the molecule is C=C[C@H]1C[C@@H](c2ccc3ccccc3c2)O[C@@H](c2ccccc2)N1S(=O)(=O)c1ccc(C)cc1. The van der Waals surface area contributed by atoms with Gasteiger partial charge >= 0.3 is 0 Å². The fraction of sp³-hybridized carbons (Fsp3) is 0.172. The molecule has 4 nitrogen and oxygen atoms in total. The first-order valence-corrected chi connectivity index (χ1v) is 12.8. The number of aryl methyl sites for hydroxylation is 1. The molecule has 3 atom stereocenters. The van der Waals surface area contributed by atoms with Gasteiger partial charge in [0, 0.05) is 6.04 Å². The van der Waals surface area contributed by atoms with Gasteiger partial charge < -0.3 is 4.74 Å². The van der Waals surface area contributed by atoms with Gasteiger partial charge in [-0.25, -0.2) is 8.42 Å². The van der Waals surface area contributed by atoms with Crippen LogP contribution in [-0.4, -0.2) is 18.8 Å². The molecular formula is C29H27NO3S. The van der Waals surface area contributed by atoms with E-state index in [1.807, 2.05) is 61.5 Å². The zero-order valence-electron chi connectivity index (χ0n) is 19.0. The standard InChI is InChI=1S/C29H27NO3S/c1-3-26-20-28(25-16-15-22-9-7-8-12-24(22)19-25)33-29(23-10-5-4-6-11-23)30(26)34(31,32)27-17-13-21(2)14-18-27/h3-19,26,28-29H,1,20H2,2H3/t26-,28-,29-/m0/s1. The minimum Gasteiger partial charge on any atom is -0.350 e. The van der Waals surface area contributed by atoms with Crippen LogP contribution in [0.5, 0.6) is 0 Å². The topological polar surface area (TPSA) is 46.6 Å². The lowest BCUT2D eigenvalue weighted by Crippen LogP contribution is -2.47. The smallest absolute Gasteiger partial charge is 0.246 e. The zero-order valence-corrected chi connectivity index (χ0v) is 19.9. The van der Waals surface area contributed by atoms with Crippen LogP contribution in [-0.2, 0) is 14.8 Å². The van der Waals surface area contributed by atoms with Gasteiger partial charge in [-0.15, -0.1) is 6.58 Å². The number of hydrogen-bond donors (Lipinski definition) is 0. The highest BCUT2D eigenvalue weighted by Gasteiger charge is 2.44. The summed E-state index contributed by atoms with van der Waals surface area (Å²) in [5.41, 5.74) is 2.82. The summed E-state index contributed by atoms with van der Waals surface area (Å²) in [7, 11) is -3.84. The lowest BCUT2D eigenvalue weighted by molar-refractivity contribution is -0.125. The molecule has 5 heteroatoms. The highest BCUT2D eigenvalue weighted by molar-refractivity contribution is 7.89. The minimum atomic E-state index is -3.84. The van der Waals surface area contributed by atoms with Crippen molar-refractivity contribution in [1.29, 1.82) is 0 Å². The normalized spacial score (nSPS) is 21.4. The first kappa shape index (κ1) is 22.5. The molecular weight excluding hydrogens is 442 g/mol. The van der Waals surface area contributed by atoms with Crippen LogP contribution in [0.1, 0.15) is 35.4 Å². The monoisotopic (exact) mass is 469 g/mol. The summed E-state index contributed by atoms with van der Waals surface area (Å²) in [6, 6.07) is 30.5. The number of rotatable bonds is 5. The van der Waals surface area contributed by atoms with E-state index in [1.54, 1.807) is 18.2 Å². The van der Waals surface area contributed by atoms with Crippen LogP contribution in [0.3, 0.4) is 0 Å². The number of nitrogens with zero attached hydrogens (tertiary/aromatic N) is 1. The van der Waals surface area contributed by atoms with Crippen LogP contribution in [0.4, 0.5) is 0 Å². The van der Waals surface area contributed by atoms with Crippen LogP contribution in [0, 0.1) is 6.92 Å². The van der Waals surface area contributed by atoms with Gasteiger partial charge in [0.2, 0.25) is 10.0 Å². The third kappa shape index (κ3) is 4.18. The Balaban J connectivity index is 1.59. The molecule has 0 unspecified atom stereocenters. The first-order valence-electron chi connectivity index (χ1n) is 11.4. The Morgan fingerprint density at radius 3 is 2.24 bits per heavy atom. The van der Waals surface area contributed by atoms with Gasteiger partial charge in [0.05, 0.1) is 11.0 Å². The Labute approximate surface area is 201 Å². The molecule has 1 aliphatic heterocycles. The second-order valence-corrected chi connectivity index (χ2v) is 10.5. The second-order valence-electron chi connectivity index (χ2n) is 8.68. The Hall–Kier alpha value is -3.25. The lowest BCUT2D eigenvalue weighted by atomic mass is 9.96.